The molecular formula is C24H28ClN3O3. The lowest BCUT2D eigenvalue weighted by Gasteiger charge is -2.32. The first-order chi connectivity index (χ1) is 15.0. The average molecular weight is 442 g/mol. The smallest absolute Gasteiger partial charge is 0.255 e. The van der Waals surface area contributed by atoms with Gasteiger partial charge in [0.05, 0.1) is 5.92 Å². The summed E-state index contributed by atoms with van der Waals surface area (Å²) in [6.45, 7) is 3.80. The fourth-order valence-electron chi connectivity index (χ4n) is 3.63. The molecule has 1 atom stereocenters. The monoisotopic (exact) mass is 441 g/mol. The van der Waals surface area contributed by atoms with Gasteiger partial charge in [0.2, 0.25) is 5.91 Å². The highest BCUT2D eigenvalue weighted by atomic mass is 35.5. The number of anilines is 1. The number of carbonyl (C=O) groups is 3. The van der Waals surface area contributed by atoms with Crippen LogP contribution in [0.1, 0.15) is 53.3 Å². The van der Waals surface area contributed by atoms with E-state index in [-0.39, 0.29) is 23.6 Å². The second-order valence-corrected chi connectivity index (χ2v) is 8.21. The minimum Gasteiger partial charge on any atom is -0.356 e. The number of likely N-dealkylation sites (tertiary alicyclic amines) is 1. The number of unbranched alkanes of at least 4 members (excludes halogenated alkanes) is 1. The predicted molar refractivity (Wildman–Crippen MR) is 122 cm³/mol. The van der Waals surface area contributed by atoms with E-state index in [1.54, 1.807) is 53.4 Å². The largest absolute Gasteiger partial charge is 0.356 e. The third-order valence-corrected chi connectivity index (χ3v) is 5.63. The lowest BCUT2D eigenvalue weighted by molar-refractivity contribution is -0.126. The van der Waals surface area contributed by atoms with Crippen molar-refractivity contribution in [3.05, 3.63) is 64.7 Å². The molecule has 0 radical (unpaired) electrons. The van der Waals surface area contributed by atoms with Crippen LogP contribution in [0, 0.1) is 5.92 Å². The molecule has 1 aliphatic rings. The third kappa shape index (κ3) is 6.31. The first kappa shape index (κ1) is 22.8. The Morgan fingerprint density at radius 1 is 1.10 bits per heavy atom. The van der Waals surface area contributed by atoms with E-state index in [0.717, 1.165) is 25.7 Å². The predicted octanol–water partition coefficient (Wildman–Crippen LogP) is 4.36. The molecule has 2 N–H and O–H groups in total. The lowest BCUT2D eigenvalue weighted by atomic mass is 9.96. The summed E-state index contributed by atoms with van der Waals surface area (Å²) < 4.78 is 0. The van der Waals surface area contributed by atoms with Crippen molar-refractivity contribution in [3.63, 3.8) is 0 Å². The average Bonchev–Trinajstić information content (AvgIpc) is 2.79. The van der Waals surface area contributed by atoms with Crippen LogP contribution in [0.5, 0.6) is 0 Å². The van der Waals surface area contributed by atoms with Crippen molar-refractivity contribution in [1.29, 1.82) is 0 Å². The molecule has 6 nitrogen and oxygen atoms in total. The van der Waals surface area contributed by atoms with Gasteiger partial charge in [-0.05, 0) is 61.7 Å². The van der Waals surface area contributed by atoms with E-state index in [2.05, 4.69) is 17.6 Å². The zero-order valence-corrected chi connectivity index (χ0v) is 18.5. The first-order valence-corrected chi connectivity index (χ1v) is 11.1. The van der Waals surface area contributed by atoms with E-state index in [0.29, 0.717) is 41.5 Å². The van der Waals surface area contributed by atoms with Crippen molar-refractivity contribution in [2.45, 2.75) is 32.6 Å². The van der Waals surface area contributed by atoms with Crippen LogP contribution in [-0.2, 0) is 4.79 Å². The maximum absolute atomic E-state index is 13.0. The Morgan fingerprint density at radius 2 is 1.87 bits per heavy atom. The molecule has 31 heavy (non-hydrogen) atoms. The summed E-state index contributed by atoms with van der Waals surface area (Å²) in [6.07, 6.45) is 3.57. The summed E-state index contributed by atoms with van der Waals surface area (Å²) >= 11 is 5.87. The highest BCUT2D eigenvalue weighted by molar-refractivity contribution is 6.30. The van der Waals surface area contributed by atoms with Gasteiger partial charge in [0.25, 0.3) is 11.8 Å². The summed E-state index contributed by atoms with van der Waals surface area (Å²) in [6, 6.07) is 13.5. The summed E-state index contributed by atoms with van der Waals surface area (Å²) in [5, 5.41) is 6.34. The summed E-state index contributed by atoms with van der Waals surface area (Å²) in [4.78, 5) is 39.6. The number of rotatable bonds is 7. The zero-order valence-electron chi connectivity index (χ0n) is 17.7. The van der Waals surface area contributed by atoms with E-state index in [1.165, 1.54) is 0 Å². The van der Waals surface area contributed by atoms with Crippen molar-refractivity contribution in [2.75, 3.05) is 25.0 Å². The van der Waals surface area contributed by atoms with Crippen molar-refractivity contribution >= 4 is 35.0 Å². The molecule has 1 heterocycles. The molecule has 0 bridgehead atoms. The SMILES string of the molecule is CCCCNC(=O)[C@H]1CCCN(C(=O)c2cccc(NC(=O)c3ccc(Cl)cc3)c2)C1. The van der Waals surface area contributed by atoms with E-state index in [4.69, 9.17) is 11.6 Å². The summed E-state index contributed by atoms with van der Waals surface area (Å²) in [5.74, 6) is -0.561. The fraction of sp³-hybridized carbons (Fsp3) is 0.375. The Hall–Kier alpha value is -2.86. The molecule has 2 aromatic carbocycles. The molecule has 0 unspecified atom stereocenters. The Morgan fingerprint density at radius 3 is 2.61 bits per heavy atom. The normalized spacial score (nSPS) is 15.9. The molecule has 1 fully saturated rings. The highest BCUT2D eigenvalue weighted by Crippen LogP contribution is 2.21. The van der Waals surface area contributed by atoms with Gasteiger partial charge in [-0.1, -0.05) is 31.0 Å². The van der Waals surface area contributed by atoms with Gasteiger partial charge in [-0.2, -0.15) is 0 Å². The van der Waals surface area contributed by atoms with Crippen LogP contribution < -0.4 is 10.6 Å². The van der Waals surface area contributed by atoms with E-state index in [9.17, 15) is 14.4 Å². The molecule has 1 saturated heterocycles. The first-order valence-electron chi connectivity index (χ1n) is 10.7. The number of hydrogen-bond donors (Lipinski definition) is 2. The van der Waals surface area contributed by atoms with Gasteiger partial charge in [-0.25, -0.2) is 0 Å². The molecule has 0 aliphatic carbocycles. The van der Waals surface area contributed by atoms with Gasteiger partial charge >= 0.3 is 0 Å². The number of benzene rings is 2. The standard InChI is InChI=1S/C24H28ClN3O3/c1-2-3-13-26-22(29)19-7-5-14-28(16-19)24(31)18-6-4-8-21(15-18)27-23(30)17-9-11-20(25)12-10-17/h4,6,8-12,15,19H,2-3,5,7,13-14,16H2,1H3,(H,26,29)(H,27,30)/t19-/m0/s1. The van der Waals surface area contributed by atoms with Crippen LogP contribution in [0.15, 0.2) is 48.5 Å². The van der Waals surface area contributed by atoms with Crippen LogP contribution in [0.2, 0.25) is 5.02 Å². The number of amides is 3. The van der Waals surface area contributed by atoms with Crippen molar-refractivity contribution in [2.24, 2.45) is 5.92 Å². The van der Waals surface area contributed by atoms with Gasteiger partial charge in [0.1, 0.15) is 0 Å². The molecule has 7 heteroatoms. The molecule has 3 rings (SSSR count). The molecule has 0 spiro atoms. The summed E-state index contributed by atoms with van der Waals surface area (Å²) in [7, 11) is 0. The quantitative estimate of drug-likeness (QED) is 0.626. The number of halogens is 1. The van der Waals surface area contributed by atoms with Crippen LogP contribution >= 0.6 is 11.6 Å². The second-order valence-electron chi connectivity index (χ2n) is 7.78. The molecule has 0 aromatic heterocycles. The number of nitrogens with zero attached hydrogens (tertiary/aromatic N) is 1. The number of carbonyl (C=O) groups excluding carboxylic acids is 3. The minimum atomic E-state index is -0.275. The van der Waals surface area contributed by atoms with Crippen molar-refractivity contribution in [1.82, 2.24) is 10.2 Å². The Balaban J connectivity index is 1.63. The topological polar surface area (TPSA) is 78.5 Å². The van der Waals surface area contributed by atoms with E-state index >= 15 is 0 Å². The van der Waals surface area contributed by atoms with Crippen LogP contribution in [0.25, 0.3) is 0 Å². The summed E-state index contributed by atoms with van der Waals surface area (Å²) in [5.41, 5.74) is 1.51. The Labute approximate surface area is 188 Å². The number of piperidine rings is 1. The van der Waals surface area contributed by atoms with Gasteiger partial charge in [0.15, 0.2) is 0 Å². The molecule has 1 aliphatic heterocycles. The zero-order chi connectivity index (χ0) is 22.2. The number of nitrogens with one attached hydrogen (secondary N) is 2. The molecule has 0 saturated carbocycles. The van der Waals surface area contributed by atoms with Crippen LogP contribution in [-0.4, -0.2) is 42.3 Å². The molecular weight excluding hydrogens is 414 g/mol. The van der Waals surface area contributed by atoms with Crippen molar-refractivity contribution < 1.29 is 14.4 Å². The molecule has 3 amide bonds. The van der Waals surface area contributed by atoms with Gasteiger partial charge in [-0.3, -0.25) is 14.4 Å². The van der Waals surface area contributed by atoms with Gasteiger partial charge < -0.3 is 15.5 Å². The fourth-order valence-corrected chi connectivity index (χ4v) is 3.75. The second kappa shape index (κ2) is 11.0. The third-order valence-electron chi connectivity index (χ3n) is 5.38. The Bertz CT molecular complexity index is 930. The lowest BCUT2D eigenvalue weighted by Crippen LogP contribution is -2.45. The maximum Gasteiger partial charge on any atom is 0.255 e. The molecule has 2 aromatic rings. The van der Waals surface area contributed by atoms with Gasteiger partial charge in [0, 0.05) is 41.5 Å². The minimum absolute atomic E-state index is 0.0231. The van der Waals surface area contributed by atoms with E-state index in [1.807, 2.05) is 0 Å². The number of hydrogen-bond acceptors (Lipinski definition) is 3. The van der Waals surface area contributed by atoms with Gasteiger partial charge in [-0.15, -0.1) is 0 Å². The van der Waals surface area contributed by atoms with E-state index < -0.39 is 0 Å². The maximum atomic E-state index is 13.0. The highest BCUT2D eigenvalue weighted by Gasteiger charge is 2.28. The van der Waals surface area contributed by atoms with Crippen molar-refractivity contribution in [3.8, 4) is 0 Å². The van der Waals surface area contributed by atoms with Crippen LogP contribution in [0.3, 0.4) is 0 Å². The van der Waals surface area contributed by atoms with Crippen LogP contribution in [0.4, 0.5) is 5.69 Å². The Kier molecular flexibility index (Phi) is 8.06. The molecule has 164 valence electrons.